The van der Waals surface area contributed by atoms with E-state index in [1.807, 2.05) is 6.92 Å². The average Bonchev–Trinajstić information content (AvgIpc) is 2.54. The first-order valence-corrected chi connectivity index (χ1v) is 7.08. The third-order valence-electron chi connectivity index (χ3n) is 4.50. The number of esters is 1. The molecule has 2 aliphatic heterocycles. The summed E-state index contributed by atoms with van der Waals surface area (Å²) in [6.07, 6.45) is 3.31. The molecular weight excluding hydrogens is 259 g/mol. The maximum absolute atomic E-state index is 13.6. The van der Waals surface area contributed by atoms with Crippen molar-refractivity contribution in [3.05, 3.63) is 35.6 Å². The van der Waals surface area contributed by atoms with Crippen LogP contribution < -0.4 is 0 Å². The third-order valence-corrected chi connectivity index (χ3v) is 4.50. The highest BCUT2D eigenvalue weighted by molar-refractivity contribution is 5.89. The van der Waals surface area contributed by atoms with Gasteiger partial charge in [-0.05, 0) is 45.2 Å². The van der Waals surface area contributed by atoms with Gasteiger partial charge in [-0.15, -0.1) is 0 Å². The second kappa shape index (κ2) is 4.55. The zero-order valence-corrected chi connectivity index (χ0v) is 11.8. The third kappa shape index (κ3) is 2.22. The summed E-state index contributed by atoms with van der Waals surface area (Å²) in [5.41, 5.74) is -0.663. The minimum absolute atomic E-state index is 0.0114. The van der Waals surface area contributed by atoms with Gasteiger partial charge >= 0.3 is 5.97 Å². The van der Waals surface area contributed by atoms with Crippen LogP contribution in [0.3, 0.4) is 0 Å². The van der Waals surface area contributed by atoms with Crippen LogP contribution in [0.4, 0.5) is 4.39 Å². The van der Waals surface area contributed by atoms with Gasteiger partial charge in [0.2, 0.25) is 0 Å². The summed E-state index contributed by atoms with van der Waals surface area (Å²) >= 11 is 0. The van der Waals surface area contributed by atoms with E-state index in [0.717, 1.165) is 19.3 Å². The van der Waals surface area contributed by atoms with E-state index >= 15 is 0 Å². The monoisotopic (exact) mass is 278 g/mol. The Kier molecular flexibility index (Phi) is 3.09. The van der Waals surface area contributed by atoms with Crippen LogP contribution in [-0.2, 0) is 9.47 Å². The van der Waals surface area contributed by atoms with E-state index in [-0.39, 0.29) is 17.3 Å². The molecule has 1 aromatic rings. The summed E-state index contributed by atoms with van der Waals surface area (Å²) in [5.74, 6) is -1.15. The van der Waals surface area contributed by atoms with Crippen molar-refractivity contribution in [1.29, 1.82) is 0 Å². The Balaban J connectivity index is 1.79. The van der Waals surface area contributed by atoms with Crippen LogP contribution >= 0.6 is 0 Å². The fraction of sp³-hybridized carbons (Fsp3) is 0.562. The molecule has 2 heterocycles. The van der Waals surface area contributed by atoms with Crippen LogP contribution in [0.2, 0.25) is 0 Å². The van der Waals surface area contributed by atoms with Gasteiger partial charge in [0.15, 0.2) is 0 Å². The largest absolute Gasteiger partial charge is 0.456 e. The number of carbonyl (C=O) groups is 1. The van der Waals surface area contributed by atoms with Crippen LogP contribution in [0.5, 0.6) is 0 Å². The highest BCUT2D eigenvalue weighted by Gasteiger charge is 2.55. The molecule has 3 atom stereocenters. The van der Waals surface area contributed by atoms with Crippen molar-refractivity contribution in [2.75, 3.05) is 0 Å². The van der Waals surface area contributed by atoms with Crippen LogP contribution in [-0.4, -0.2) is 23.3 Å². The number of benzene rings is 1. The molecule has 2 saturated heterocycles. The summed E-state index contributed by atoms with van der Waals surface area (Å²) in [6.45, 7) is 4.04. The van der Waals surface area contributed by atoms with Crippen molar-refractivity contribution in [2.24, 2.45) is 0 Å². The van der Waals surface area contributed by atoms with Crippen molar-refractivity contribution < 1.29 is 18.7 Å². The van der Waals surface area contributed by atoms with Gasteiger partial charge in [-0.25, -0.2) is 9.18 Å². The van der Waals surface area contributed by atoms with Gasteiger partial charge < -0.3 is 9.47 Å². The number of halogens is 1. The molecule has 3 unspecified atom stereocenters. The molecule has 4 heteroatoms. The van der Waals surface area contributed by atoms with Crippen LogP contribution in [0, 0.1) is 5.82 Å². The molecule has 0 spiro atoms. The first-order valence-electron chi connectivity index (χ1n) is 7.08. The summed E-state index contributed by atoms with van der Waals surface area (Å²) in [5, 5.41) is 0. The fourth-order valence-corrected chi connectivity index (χ4v) is 3.44. The van der Waals surface area contributed by atoms with Gasteiger partial charge in [-0.1, -0.05) is 12.1 Å². The lowest BCUT2D eigenvalue weighted by Gasteiger charge is -2.36. The molecule has 2 fully saturated rings. The lowest BCUT2D eigenvalue weighted by atomic mass is 9.94. The minimum atomic E-state index is -0.603. The van der Waals surface area contributed by atoms with E-state index < -0.39 is 17.4 Å². The molecule has 0 saturated carbocycles. The maximum atomic E-state index is 13.6. The Morgan fingerprint density at radius 1 is 1.35 bits per heavy atom. The highest BCUT2D eigenvalue weighted by Crippen LogP contribution is 2.49. The van der Waals surface area contributed by atoms with E-state index in [4.69, 9.17) is 9.47 Å². The van der Waals surface area contributed by atoms with E-state index in [1.54, 1.807) is 12.1 Å². The number of rotatable bonds is 2. The maximum Gasteiger partial charge on any atom is 0.341 e. The topological polar surface area (TPSA) is 35.5 Å². The summed E-state index contributed by atoms with van der Waals surface area (Å²) in [7, 11) is 0. The van der Waals surface area contributed by atoms with Gasteiger partial charge in [-0.3, -0.25) is 0 Å². The molecule has 0 amide bonds. The summed E-state index contributed by atoms with van der Waals surface area (Å²) in [4.78, 5) is 12.1. The molecule has 20 heavy (non-hydrogen) atoms. The predicted octanol–water partition coefficient (Wildman–Crippen LogP) is 3.47. The minimum Gasteiger partial charge on any atom is -0.456 e. The Morgan fingerprint density at radius 3 is 2.80 bits per heavy atom. The molecular formula is C16H19FO3. The van der Waals surface area contributed by atoms with Crippen LogP contribution in [0.1, 0.15) is 49.9 Å². The SMILES string of the molecule is CC12CCCC(C)(O1)C(OC(=O)c1ccccc1F)C2. The van der Waals surface area contributed by atoms with Crippen molar-refractivity contribution in [3.63, 3.8) is 0 Å². The highest BCUT2D eigenvalue weighted by atomic mass is 19.1. The molecule has 0 radical (unpaired) electrons. The standard InChI is InChI=1S/C16H19FO3/c1-15-8-5-9-16(2,20-15)13(10-15)19-14(18)11-6-3-4-7-12(11)17/h3-4,6-7,13H,5,8-10H2,1-2H3. The number of hydrogen-bond acceptors (Lipinski definition) is 3. The quantitative estimate of drug-likeness (QED) is 0.777. The van der Waals surface area contributed by atoms with E-state index in [1.165, 1.54) is 12.1 Å². The predicted molar refractivity (Wildman–Crippen MR) is 72.0 cm³/mol. The zero-order valence-electron chi connectivity index (χ0n) is 11.8. The van der Waals surface area contributed by atoms with Crippen LogP contribution in [0.25, 0.3) is 0 Å². The summed E-state index contributed by atoms with van der Waals surface area (Å²) < 4.78 is 25.3. The lowest BCUT2D eigenvalue weighted by molar-refractivity contribution is -0.140. The summed E-state index contributed by atoms with van der Waals surface area (Å²) in [6, 6.07) is 5.90. The smallest absolute Gasteiger partial charge is 0.341 e. The molecule has 108 valence electrons. The van der Waals surface area contributed by atoms with Gasteiger partial charge in [0.1, 0.15) is 17.5 Å². The Morgan fingerprint density at radius 2 is 2.10 bits per heavy atom. The average molecular weight is 278 g/mol. The van der Waals surface area contributed by atoms with Crippen molar-refractivity contribution in [2.45, 2.75) is 56.8 Å². The first-order chi connectivity index (χ1) is 9.42. The number of hydrogen-bond donors (Lipinski definition) is 0. The number of fused-ring (bicyclic) bond motifs is 2. The molecule has 2 aliphatic rings. The van der Waals surface area contributed by atoms with E-state index in [0.29, 0.717) is 6.42 Å². The molecule has 1 aromatic carbocycles. The van der Waals surface area contributed by atoms with Crippen molar-refractivity contribution >= 4 is 5.97 Å². The van der Waals surface area contributed by atoms with Gasteiger partial charge in [0.25, 0.3) is 0 Å². The van der Waals surface area contributed by atoms with E-state index in [9.17, 15) is 9.18 Å². The van der Waals surface area contributed by atoms with Crippen molar-refractivity contribution in [3.8, 4) is 0 Å². The molecule has 3 nitrogen and oxygen atoms in total. The molecule has 0 aliphatic carbocycles. The molecule has 0 aromatic heterocycles. The Labute approximate surface area is 118 Å². The Bertz CT molecular complexity index is 544. The van der Waals surface area contributed by atoms with Crippen molar-refractivity contribution in [1.82, 2.24) is 0 Å². The van der Waals surface area contributed by atoms with E-state index in [2.05, 4.69) is 6.92 Å². The number of ether oxygens (including phenoxy) is 2. The van der Waals surface area contributed by atoms with Gasteiger partial charge in [-0.2, -0.15) is 0 Å². The lowest BCUT2D eigenvalue weighted by Crippen LogP contribution is -2.41. The Hall–Kier alpha value is -1.42. The second-order valence-electron chi connectivity index (χ2n) is 6.30. The first kappa shape index (κ1) is 13.6. The van der Waals surface area contributed by atoms with Gasteiger partial charge in [0, 0.05) is 6.42 Å². The van der Waals surface area contributed by atoms with Gasteiger partial charge in [0.05, 0.1) is 11.2 Å². The fourth-order valence-electron chi connectivity index (χ4n) is 3.44. The second-order valence-corrected chi connectivity index (χ2v) is 6.30. The molecule has 0 N–H and O–H groups in total. The van der Waals surface area contributed by atoms with Crippen LogP contribution in [0.15, 0.2) is 24.3 Å². The number of carbonyl (C=O) groups excluding carboxylic acids is 1. The normalized spacial score (nSPS) is 35.9. The zero-order chi connectivity index (χ0) is 14.4. The molecule has 2 bridgehead atoms. The molecule has 3 rings (SSSR count).